The highest BCUT2D eigenvalue weighted by atomic mass is 32.2. The van der Waals surface area contributed by atoms with E-state index >= 15 is 0 Å². The lowest BCUT2D eigenvalue weighted by molar-refractivity contribution is -0.384. The number of esters is 1. The highest BCUT2D eigenvalue weighted by Crippen LogP contribution is 2.22. The molecule has 0 unspecified atom stereocenters. The van der Waals surface area contributed by atoms with E-state index in [9.17, 15) is 19.7 Å². The summed E-state index contributed by atoms with van der Waals surface area (Å²) in [6.45, 7) is 1.20. The zero-order chi connectivity index (χ0) is 18.4. The number of hydrogen-bond acceptors (Lipinski definition) is 6. The first kappa shape index (κ1) is 18.5. The van der Waals surface area contributed by atoms with E-state index in [2.05, 4.69) is 5.32 Å². The Morgan fingerprint density at radius 1 is 1.24 bits per heavy atom. The highest BCUT2D eigenvalue weighted by molar-refractivity contribution is 7.98. The average molecular weight is 360 g/mol. The molecule has 7 nitrogen and oxygen atoms in total. The molecule has 0 saturated heterocycles. The molecule has 0 saturated carbocycles. The van der Waals surface area contributed by atoms with Crippen molar-refractivity contribution in [1.29, 1.82) is 0 Å². The van der Waals surface area contributed by atoms with Crippen LogP contribution in [0, 0.1) is 17.0 Å². The van der Waals surface area contributed by atoms with Crippen LogP contribution in [0.1, 0.15) is 15.9 Å². The molecule has 0 radical (unpaired) electrons. The minimum atomic E-state index is -0.583. The zero-order valence-electron chi connectivity index (χ0n) is 13.6. The van der Waals surface area contributed by atoms with Crippen molar-refractivity contribution >= 4 is 35.0 Å². The van der Waals surface area contributed by atoms with E-state index in [1.54, 1.807) is 25.1 Å². The maximum Gasteiger partial charge on any atom is 0.339 e. The summed E-state index contributed by atoms with van der Waals surface area (Å²) in [6, 6.07) is 11.0. The van der Waals surface area contributed by atoms with Gasteiger partial charge in [0.25, 0.3) is 11.6 Å². The van der Waals surface area contributed by atoms with Crippen molar-refractivity contribution < 1.29 is 19.2 Å². The van der Waals surface area contributed by atoms with Crippen molar-refractivity contribution in [1.82, 2.24) is 0 Å². The molecule has 2 aromatic rings. The van der Waals surface area contributed by atoms with Gasteiger partial charge in [0, 0.05) is 22.7 Å². The summed E-state index contributed by atoms with van der Waals surface area (Å²) in [6.07, 6.45) is 1.84. The van der Waals surface area contributed by atoms with Gasteiger partial charge in [-0.05, 0) is 36.9 Å². The SMILES string of the molecule is CSc1ccccc1C(=O)OCC(=O)Nc1ccc([N+](=O)[O-])cc1C. The molecule has 2 aromatic carbocycles. The third-order valence-corrected chi connectivity index (χ3v) is 4.15. The topological polar surface area (TPSA) is 98.5 Å². The number of rotatable bonds is 6. The normalized spacial score (nSPS) is 10.2. The molecule has 0 aliphatic carbocycles. The number of anilines is 1. The molecule has 0 aliphatic heterocycles. The van der Waals surface area contributed by atoms with Gasteiger partial charge in [0.15, 0.2) is 6.61 Å². The fourth-order valence-electron chi connectivity index (χ4n) is 2.11. The van der Waals surface area contributed by atoms with Crippen LogP contribution in [-0.4, -0.2) is 29.7 Å². The largest absolute Gasteiger partial charge is 0.452 e. The number of ether oxygens (including phenoxy) is 1. The van der Waals surface area contributed by atoms with Crippen LogP contribution in [0.5, 0.6) is 0 Å². The van der Waals surface area contributed by atoms with Crippen molar-refractivity contribution in [3.05, 3.63) is 63.7 Å². The predicted octanol–water partition coefficient (Wildman–Crippen LogP) is 3.42. The third-order valence-electron chi connectivity index (χ3n) is 3.36. The quantitative estimate of drug-likeness (QED) is 0.367. The number of carbonyl (C=O) groups is 2. The molecule has 1 amide bonds. The van der Waals surface area contributed by atoms with Crippen LogP contribution in [0.3, 0.4) is 0 Å². The summed E-state index contributed by atoms with van der Waals surface area (Å²) >= 11 is 1.41. The van der Waals surface area contributed by atoms with E-state index in [0.717, 1.165) is 4.90 Å². The van der Waals surface area contributed by atoms with E-state index in [1.165, 1.54) is 30.0 Å². The number of nitrogens with zero attached hydrogens (tertiary/aromatic N) is 1. The maximum absolute atomic E-state index is 12.1. The lowest BCUT2D eigenvalue weighted by atomic mass is 10.2. The van der Waals surface area contributed by atoms with Gasteiger partial charge in [-0.15, -0.1) is 11.8 Å². The Labute approximate surface area is 148 Å². The van der Waals surface area contributed by atoms with Crippen molar-refractivity contribution in [2.24, 2.45) is 0 Å². The molecule has 0 heterocycles. The molecule has 130 valence electrons. The van der Waals surface area contributed by atoms with Crippen LogP contribution in [-0.2, 0) is 9.53 Å². The van der Waals surface area contributed by atoms with Crippen LogP contribution in [0.2, 0.25) is 0 Å². The second-order valence-corrected chi connectivity index (χ2v) is 5.93. The Balaban J connectivity index is 1.97. The number of hydrogen-bond donors (Lipinski definition) is 1. The van der Waals surface area contributed by atoms with Gasteiger partial charge in [-0.25, -0.2) is 4.79 Å². The van der Waals surface area contributed by atoms with Crippen molar-refractivity contribution in [3.63, 3.8) is 0 Å². The van der Waals surface area contributed by atoms with E-state index in [4.69, 9.17) is 4.74 Å². The van der Waals surface area contributed by atoms with Crippen molar-refractivity contribution in [3.8, 4) is 0 Å². The molecule has 0 bridgehead atoms. The minimum Gasteiger partial charge on any atom is -0.452 e. The number of nitro groups is 1. The first-order valence-electron chi connectivity index (χ1n) is 7.27. The monoisotopic (exact) mass is 360 g/mol. The van der Waals surface area contributed by atoms with Gasteiger partial charge < -0.3 is 10.1 Å². The second-order valence-electron chi connectivity index (χ2n) is 5.08. The standard InChI is InChI=1S/C17H16N2O5S/c1-11-9-12(19(22)23)7-8-14(11)18-16(20)10-24-17(21)13-5-3-4-6-15(13)25-2/h3-9H,10H2,1-2H3,(H,18,20). The smallest absolute Gasteiger partial charge is 0.339 e. The van der Waals surface area contributed by atoms with Gasteiger partial charge in [0.05, 0.1) is 10.5 Å². The summed E-state index contributed by atoms with van der Waals surface area (Å²) in [5.41, 5.74) is 1.31. The van der Waals surface area contributed by atoms with Crippen LogP contribution in [0.25, 0.3) is 0 Å². The summed E-state index contributed by atoms with van der Waals surface area (Å²) in [5.74, 6) is -1.10. The molecule has 0 fully saturated rings. The zero-order valence-corrected chi connectivity index (χ0v) is 14.5. The fourth-order valence-corrected chi connectivity index (χ4v) is 2.70. The molecular weight excluding hydrogens is 344 g/mol. The number of thioether (sulfide) groups is 1. The highest BCUT2D eigenvalue weighted by Gasteiger charge is 2.15. The molecule has 8 heteroatoms. The second kappa shape index (κ2) is 8.29. The summed E-state index contributed by atoms with van der Waals surface area (Å²) in [5, 5.41) is 13.3. The third kappa shape index (κ3) is 4.80. The van der Waals surface area contributed by atoms with Crippen LogP contribution in [0.15, 0.2) is 47.4 Å². The van der Waals surface area contributed by atoms with Gasteiger partial charge in [-0.1, -0.05) is 12.1 Å². The lowest BCUT2D eigenvalue weighted by Crippen LogP contribution is -2.21. The molecule has 0 aliphatic rings. The predicted molar refractivity (Wildman–Crippen MR) is 95.0 cm³/mol. The summed E-state index contributed by atoms with van der Waals surface area (Å²) in [7, 11) is 0. The van der Waals surface area contributed by atoms with Gasteiger partial charge in [-0.2, -0.15) is 0 Å². The summed E-state index contributed by atoms with van der Waals surface area (Å²) in [4.78, 5) is 35.0. The van der Waals surface area contributed by atoms with E-state index in [0.29, 0.717) is 16.8 Å². The molecule has 25 heavy (non-hydrogen) atoms. The van der Waals surface area contributed by atoms with Gasteiger partial charge >= 0.3 is 5.97 Å². The van der Waals surface area contributed by atoms with Gasteiger partial charge in [-0.3, -0.25) is 14.9 Å². The Bertz CT molecular complexity index is 822. The number of amides is 1. The number of benzene rings is 2. The number of aryl methyl sites for hydroxylation is 1. The fraction of sp³-hybridized carbons (Fsp3) is 0.176. The Hall–Kier alpha value is -2.87. The Morgan fingerprint density at radius 3 is 2.60 bits per heavy atom. The molecule has 0 spiro atoms. The first-order chi connectivity index (χ1) is 11.9. The number of carbonyl (C=O) groups excluding carboxylic acids is 2. The van der Waals surface area contributed by atoms with Gasteiger partial charge in [0.2, 0.25) is 0 Å². The maximum atomic E-state index is 12.1. The van der Waals surface area contributed by atoms with Crippen molar-refractivity contribution in [2.45, 2.75) is 11.8 Å². The number of nitrogens with one attached hydrogen (secondary N) is 1. The van der Waals surface area contributed by atoms with E-state index < -0.39 is 23.4 Å². The molecule has 2 rings (SSSR count). The molecular formula is C17H16N2O5S. The van der Waals surface area contributed by atoms with E-state index in [1.807, 2.05) is 12.3 Å². The van der Waals surface area contributed by atoms with Crippen LogP contribution < -0.4 is 5.32 Å². The lowest BCUT2D eigenvalue weighted by Gasteiger charge is -2.10. The minimum absolute atomic E-state index is 0.0596. The first-order valence-corrected chi connectivity index (χ1v) is 8.50. The number of non-ortho nitro benzene ring substituents is 1. The van der Waals surface area contributed by atoms with E-state index in [-0.39, 0.29) is 5.69 Å². The Kier molecular flexibility index (Phi) is 6.13. The average Bonchev–Trinajstić information content (AvgIpc) is 2.61. The number of nitro benzene ring substituents is 1. The Morgan fingerprint density at radius 2 is 1.96 bits per heavy atom. The van der Waals surface area contributed by atoms with Gasteiger partial charge in [0.1, 0.15) is 0 Å². The summed E-state index contributed by atoms with van der Waals surface area (Å²) < 4.78 is 5.03. The molecule has 0 atom stereocenters. The molecule has 0 aromatic heterocycles. The van der Waals surface area contributed by atoms with Crippen LogP contribution in [0.4, 0.5) is 11.4 Å². The van der Waals surface area contributed by atoms with Crippen molar-refractivity contribution in [2.75, 3.05) is 18.2 Å². The molecule has 1 N–H and O–H groups in total. The van der Waals surface area contributed by atoms with Crippen LogP contribution >= 0.6 is 11.8 Å².